The van der Waals surface area contributed by atoms with Gasteiger partial charge < -0.3 is 0 Å². The van der Waals surface area contributed by atoms with Crippen molar-refractivity contribution in [2.75, 3.05) is 10.6 Å². The molecule has 0 radical (unpaired) electrons. The lowest BCUT2D eigenvalue weighted by Gasteiger charge is -2.25. The zero-order valence-corrected chi connectivity index (χ0v) is 14.0. The van der Waals surface area contributed by atoms with Gasteiger partial charge in [-0.3, -0.25) is 4.31 Å². The first-order valence-corrected chi connectivity index (χ1v) is 8.87. The predicted molar refractivity (Wildman–Crippen MR) is 88.7 cm³/mol. The third kappa shape index (κ3) is 3.70. The number of anilines is 1. The van der Waals surface area contributed by atoms with Crippen LogP contribution < -0.4 is 4.31 Å². The summed E-state index contributed by atoms with van der Waals surface area (Å²) in [5.41, 5.74) is 2.08. The smallest absolute Gasteiger partial charge is 0.232 e. The highest BCUT2D eigenvalue weighted by Crippen LogP contribution is 2.30. The first-order chi connectivity index (χ1) is 9.80. The van der Waals surface area contributed by atoms with Crippen molar-refractivity contribution >= 4 is 38.9 Å². The normalized spacial score (nSPS) is 11.4. The highest BCUT2D eigenvalue weighted by atomic mass is 35.5. The first kappa shape index (κ1) is 16.1. The molecule has 0 amide bonds. The van der Waals surface area contributed by atoms with Crippen LogP contribution in [0.15, 0.2) is 42.5 Å². The molecule has 112 valence electrons. The van der Waals surface area contributed by atoms with Crippen molar-refractivity contribution in [2.24, 2.45) is 0 Å². The van der Waals surface area contributed by atoms with E-state index in [1.807, 2.05) is 19.1 Å². The van der Waals surface area contributed by atoms with E-state index in [1.54, 1.807) is 30.3 Å². The molecule has 0 heterocycles. The number of aryl methyl sites for hydroxylation is 1. The lowest BCUT2D eigenvalue weighted by atomic mass is 10.1. The van der Waals surface area contributed by atoms with Crippen molar-refractivity contribution in [3.05, 3.63) is 63.6 Å². The van der Waals surface area contributed by atoms with Crippen LogP contribution in [0.1, 0.15) is 11.1 Å². The minimum Gasteiger partial charge on any atom is -0.266 e. The number of sulfonamides is 1. The lowest BCUT2D eigenvalue weighted by Crippen LogP contribution is -2.30. The molecule has 0 fully saturated rings. The Hall–Kier alpha value is -1.23. The lowest BCUT2D eigenvalue weighted by molar-refractivity contribution is 0.596. The largest absolute Gasteiger partial charge is 0.266 e. The van der Waals surface area contributed by atoms with E-state index in [2.05, 4.69) is 0 Å². The molecule has 21 heavy (non-hydrogen) atoms. The Morgan fingerprint density at radius 2 is 1.57 bits per heavy atom. The molecule has 0 bridgehead atoms. The quantitative estimate of drug-likeness (QED) is 0.831. The van der Waals surface area contributed by atoms with Crippen LogP contribution in [0.3, 0.4) is 0 Å². The van der Waals surface area contributed by atoms with Crippen LogP contribution in [0, 0.1) is 6.92 Å². The SMILES string of the molecule is Cc1ccccc1N(Cc1c(Cl)cccc1Cl)S(C)(=O)=O. The third-order valence-electron chi connectivity index (χ3n) is 3.15. The van der Waals surface area contributed by atoms with Crippen molar-refractivity contribution < 1.29 is 8.42 Å². The van der Waals surface area contributed by atoms with Crippen LogP contribution in [0.5, 0.6) is 0 Å². The zero-order valence-electron chi connectivity index (χ0n) is 11.7. The summed E-state index contributed by atoms with van der Waals surface area (Å²) in [6, 6.07) is 12.4. The van der Waals surface area contributed by atoms with E-state index >= 15 is 0 Å². The minimum atomic E-state index is -3.46. The number of halogens is 2. The molecule has 0 aliphatic rings. The van der Waals surface area contributed by atoms with Crippen LogP contribution in [0.4, 0.5) is 5.69 Å². The van der Waals surface area contributed by atoms with Gasteiger partial charge in [0, 0.05) is 15.6 Å². The van der Waals surface area contributed by atoms with Crippen molar-refractivity contribution in [2.45, 2.75) is 13.5 Å². The predicted octanol–water partition coefficient (Wildman–Crippen LogP) is 4.27. The first-order valence-electron chi connectivity index (χ1n) is 6.27. The summed E-state index contributed by atoms with van der Waals surface area (Å²) in [5, 5.41) is 0.898. The highest BCUT2D eigenvalue weighted by Gasteiger charge is 2.21. The highest BCUT2D eigenvalue weighted by molar-refractivity contribution is 7.92. The van der Waals surface area contributed by atoms with Gasteiger partial charge >= 0.3 is 0 Å². The van der Waals surface area contributed by atoms with Crippen molar-refractivity contribution in [3.63, 3.8) is 0 Å². The topological polar surface area (TPSA) is 37.4 Å². The van der Waals surface area contributed by atoms with Crippen LogP contribution in [-0.2, 0) is 16.6 Å². The Labute approximate surface area is 135 Å². The molecule has 2 aromatic carbocycles. The summed E-state index contributed by atoms with van der Waals surface area (Å²) in [4.78, 5) is 0. The summed E-state index contributed by atoms with van der Waals surface area (Å²) in [7, 11) is -3.46. The van der Waals surface area contributed by atoms with E-state index in [4.69, 9.17) is 23.2 Å². The Kier molecular flexibility index (Phi) is 4.81. The number of hydrogen-bond donors (Lipinski definition) is 0. The zero-order chi connectivity index (χ0) is 15.6. The van der Waals surface area contributed by atoms with Crippen molar-refractivity contribution in [1.29, 1.82) is 0 Å². The molecule has 0 unspecified atom stereocenters. The summed E-state index contributed by atoms with van der Waals surface area (Å²) in [6.07, 6.45) is 1.17. The van der Waals surface area contributed by atoms with Crippen LogP contribution >= 0.6 is 23.2 Å². The van der Waals surface area contributed by atoms with Crippen molar-refractivity contribution in [3.8, 4) is 0 Å². The number of rotatable bonds is 4. The minimum absolute atomic E-state index is 0.0994. The average molecular weight is 344 g/mol. The van der Waals surface area contributed by atoms with Crippen molar-refractivity contribution in [1.82, 2.24) is 0 Å². The van der Waals surface area contributed by atoms with E-state index in [1.165, 1.54) is 10.6 Å². The third-order valence-corrected chi connectivity index (χ3v) is 4.98. The maximum Gasteiger partial charge on any atom is 0.232 e. The standard InChI is InChI=1S/C15H15Cl2NO2S/c1-11-6-3-4-9-15(11)18(21(2,19)20)10-12-13(16)7-5-8-14(12)17/h3-9H,10H2,1-2H3. The van der Waals surface area contributed by atoms with Gasteiger partial charge in [-0.25, -0.2) is 8.42 Å². The molecule has 0 aliphatic carbocycles. The van der Waals surface area contributed by atoms with Gasteiger partial charge in [-0.1, -0.05) is 47.5 Å². The summed E-state index contributed by atoms with van der Waals surface area (Å²) < 4.78 is 25.6. The Morgan fingerprint density at radius 1 is 1.00 bits per heavy atom. The van der Waals surface area contributed by atoms with Gasteiger partial charge in [0.1, 0.15) is 0 Å². The van der Waals surface area contributed by atoms with E-state index in [-0.39, 0.29) is 6.54 Å². The monoisotopic (exact) mass is 343 g/mol. The molecule has 0 aliphatic heterocycles. The van der Waals surface area contributed by atoms with E-state index in [0.29, 0.717) is 21.3 Å². The average Bonchev–Trinajstić information content (AvgIpc) is 2.38. The van der Waals surface area contributed by atoms with Gasteiger partial charge in [0.05, 0.1) is 18.5 Å². The van der Waals surface area contributed by atoms with Gasteiger partial charge in [-0.2, -0.15) is 0 Å². The Morgan fingerprint density at radius 3 is 2.10 bits per heavy atom. The summed E-state index contributed by atoms with van der Waals surface area (Å²) in [6.45, 7) is 1.96. The number of hydrogen-bond acceptors (Lipinski definition) is 2. The fourth-order valence-electron chi connectivity index (χ4n) is 2.05. The maximum atomic E-state index is 12.2. The molecule has 3 nitrogen and oxygen atoms in total. The molecular weight excluding hydrogens is 329 g/mol. The van der Waals surface area contributed by atoms with Gasteiger partial charge in [-0.15, -0.1) is 0 Å². The second-order valence-corrected chi connectivity index (χ2v) is 7.48. The van der Waals surface area contributed by atoms with Gasteiger partial charge in [0.25, 0.3) is 0 Å². The van der Waals surface area contributed by atoms with Gasteiger partial charge in [-0.05, 0) is 30.7 Å². The maximum absolute atomic E-state index is 12.2. The van der Waals surface area contributed by atoms with E-state index in [9.17, 15) is 8.42 Å². The molecule has 6 heteroatoms. The van der Waals surface area contributed by atoms with Gasteiger partial charge in [0.2, 0.25) is 10.0 Å². The molecule has 2 aromatic rings. The van der Waals surface area contributed by atoms with Crippen LogP contribution in [-0.4, -0.2) is 14.7 Å². The molecule has 0 aromatic heterocycles. The molecule has 0 N–H and O–H groups in total. The molecule has 0 saturated heterocycles. The molecule has 0 spiro atoms. The Bertz CT molecular complexity index is 740. The summed E-state index contributed by atoms with van der Waals surface area (Å²) >= 11 is 12.3. The van der Waals surface area contributed by atoms with Gasteiger partial charge in [0.15, 0.2) is 0 Å². The second kappa shape index (κ2) is 6.26. The fraction of sp³-hybridized carbons (Fsp3) is 0.200. The fourth-order valence-corrected chi connectivity index (χ4v) is 3.49. The van der Waals surface area contributed by atoms with E-state index in [0.717, 1.165) is 5.56 Å². The number of nitrogens with zero attached hydrogens (tertiary/aromatic N) is 1. The molecular formula is C15H15Cl2NO2S. The van der Waals surface area contributed by atoms with Crippen LogP contribution in [0.25, 0.3) is 0 Å². The van der Waals surface area contributed by atoms with Crippen LogP contribution in [0.2, 0.25) is 10.0 Å². The molecule has 0 atom stereocenters. The Balaban J connectivity index is 2.52. The molecule has 0 saturated carbocycles. The molecule has 2 rings (SSSR count). The summed E-state index contributed by atoms with van der Waals surface area (Å²) in [5.74, 6) is 0. The second-order valence-electron chi connectivity index (χ2n) is 4.76. The number of para-hydroxylation sites is 1. The number of benzene rings is 2. The van der Waals surface area contributed by atoms with E-state index < -0.39 is 10.0 Å².